The predicted molar refractivity (Wildman–Crippen MR) is 98.7 cm³/mol. The molecule has 8 heteroatoms. The molecular weight excluding hydrogens is 360 g/mol. The smallest absolute Gasteiger partial charge is 0.224 e. The largest absolute Gasteiger partial charge is 0.369 e. The fourth-order valence-corrected chi connectivity index (χ4v) is 4.56. The Kier molecular flexibility index (Phi) is 5.54. The molecule has 0 saturated heterocycles. The van der Waals surface area contributed by atoms with Gasteiger partial charge in [-0.05, 0) is 31.6 Å². The number of nitrogens with one attached hydrogen (secondary N) is 1. The minimum atomic E-state index is -1.29. The van der Waals surface area contributed by atoms with Gasteiger partial charge in [0.1, 0.15) is 0 Å². The zero-order valence-electron chi connectivity index (χ0n) is 13.9. The van der Waals surface area contributed by atoms with E-state index < -0.39 is 10.8 Å². The van der Waals surface area contributed by atoms with Crippen LogP contribution in [-0.4, -0.2) is 32.4 Å². The molecule has 3 rings (SSSR count). The van der Waals surface area contributed by atoms with Gasteiger partial charge in [-0.3, -0.25) is 9.00 Å². The lowest BCUT2D eigenvalue weighted by Gasteiger charge is -2.35. The number of primary amides is 1. The number of hydrogen-bond donors (Lipinski definition) is 2. The highest BCUT2D eigenvalue weighted by atomic mass is 35.5. The van der Waals surface area contributed by atoms with Crippen LogP contribution in [0.1, 0.15) is 25.7 Å². The van der Waals surface area contributed by atoms with Gasteiger partial charge in [-0.1, -0.05) is 35.4 Å². The normalized spacial score (nSPS) is 27.0. The Morgan fingerprint density at radius 2 is 2.24 bits per heavy atom. The van der Waals surface area contributed by atoms with Crippen LogP contribution < -0.4 is 11.1 Å². The Bertz CT molecular complexity index is 765. The van der Waals surface area contributed by atoms with Crippen LogP contribution in [0.4, 0.5) is 5.95 Å². The molecule has 0 aliphatic heterocycles. The van der Waals surface area contributed by atoms with Crippen molar-refractivity contribution >= 4 is 34.3 Å². The molecular formula is C17H21ClN4O2S. The van der Waals surface area contributed by atoms with Crippen molar-refractivity contribution in [1.82, 2.24) is 9.97 Å². The first kappa shape index (κ1) is 18.1. The molecule has 0 spiro atoms. The summed E-state index contributed by atoms with van der Waals surface area (Å²) in [6.07, 6.45) is 12.5. The fraction of sp³-hybridized carbons (Fsp3) is 0.471. The highest BCUT2D eigenvalue weighted by Gasteiger charge is 2.36. The molecule has 2 aliphatic rings. The molecule has 4 atom stereocenters. The number of halogens is 1. The third kappa shape index (κ3) is 4.10. The molecule has 1 aromatic rings. The first-order chi connectivity index (χ1) is 12.0. The maximum atomic E-state index is 12.0. The number of aromatic nitrogens is 2. The molecule has 6 nitrogen and oxygen atoms in total. The lowest BCUT2D eigenvalue weighted by molar-refractivity contribution is -0.124. The van der Waals surface area contributed by atoms with Crippen molar-refractivity contribution in [3.8, 4) is 0 Å². The van der Waals surface area contributed by atoms with E-state index in [-0.39, 0.29) is 28.8 Å². The molecule has 0 bridgehead atoms. The third-order valence-corrected chi connectivity index (χ3v) is 6.05. The van der Waals surface area contributed by atoms with E-state index in [2.05, 4.69) is 27.4 Å². The SMILES string of the molecule is CS(=O)c1nc(NC2CCC(C3=CC=CC3)C(C(N)=O)C2)ncc1Cl. The number of hydrogen-bond acceptors (Lipinski definition) is 5. The van der Waals surface area contributed by atoms with Crippen molar-refractivity contribution in [2.45, 2.75) is 36.8 Å². The van der Waals surface area contributed by atoms with E-state index in [9.17, 15) is 9.00 Å². The van der Waals surface area contributed by atoms with E-state index in [4.69, 9.17) is 17.3 Å². The molecule has 4 unspecified atom stereocenters. The van der Waals surface area contributed by atoms with Crippen molar-refractivity contribution in [3.05, 3.63) is 35.0 Å². The van der Waals surface area contributed by atoms with Crippen LogP contribution in [-0.2, 0) is 15.6 Å². The summed E-state index contributed by atoms with van der Waals surface area (Å²) in [5, 5.41) is 3.83. The zero-order valence-corrected chi connectivity index (χ0v) is 15.5. The monoisotopic (exact) mass is 380 g/mol. The van der Waals surface area contributed by atoms with Gasteiger partial charge in [0.15, 0.2) is 5.03 Å². The van der Waals surface area contributed by atoms with Crippen molar-refractivity contribution in [2.24, 2.45) is 17.6 Å². The van der Waals surface area contributed by atoms with Crippen molar-refractivity contribution in [3.63, 3.8) is 0 Å². The Morgan fingerprint density at radius 1 is 1.44 bits per heavy atom. The molecule has 1 aromatic heterocycles. The van der Waals surface area contributed by atoms with Crippen LogP contribution in [0.25, 0.3) is 0 Å². The summed E-state index contributed by atoms with van der Waals surface area (Å²) < 4.78 is 11.7. The van der Waals surface area contributed by atoms with Crippen LogP contribution in [0, 0.1) is 11.8 Å². The summed E-state index contributed by atoms with van der Waals surface area (Å²) in [6.45, 7) is 0. The van der Waals surface area contributed by atoms with E-state index in [1.807, 2.05) is 6.08 Å². The second-order valence-electron chi connectivity index (χ2n) is 6.44. The zero-order chi connectivity index (χ0) is 18.0. The highest BCUT2D eigenvalue weighted by molar-refractivity contribution is 7.84. The molecule has 2 aliphatic carbocycles. The summed E-state index contributed by atoms with van der Waals surface area (Å²) in [5.74, 6) is 0.111. The molecule has 1 heterocycles. The van der Waals surface area contributed by atoms with Gasteiger partial charge in [0.25, 0.3) is 0 Å². The Labute approximate surface area is 154 Å². The van der Waals surface area contributed by atoms with Crippen molar-refractivity contribution in [2.75, 3.05) is 11.6 Å². The van der Waals surface area contributed by atoms with Gasteiger partial charge in [0.2, 0.25) is 11.9 Å². The first-order valence-corrected chi connectivity index (χ1v) is 10.2. The summed E-state index contributed by atoms with van der Waals surface area (Å²) in [7, 11) is -1.29. The van der Waals surface area contributed by atoms with Crippen LogP contribution in [0.3, 0.4) is 0 Å². The number of nitrogens with zero attached hydrogens (tertiary/aromatic N) is 2. The summed E-state index contributed by atoms with van der Waals surface area (Å²) >= 11 is 5.97. The lowest BCUT2D eigenvalue weighted by atomic mass is 9.72. The topological polar surface area (TPSA) is 98.0 Å². The summed E-state index contributed by atoms with van der Waals surface area (Å²) in [4.78, 5) is 20.4. The van der Waals surface area contributed by atoms with Gasteiger partial charge in [0, 0.05) is 18.2 Å². The van der Waals surface area contributed by atoms with Crippen LogP contribution in [0.5, 0.6) is 0 Å². The Hall–Kier alpha value is -1.73. The van der Waals surface area contributed by atoms with Crippen molar-refractivity contribution in [1.29, 1.82) is 0 Å². The van der Waals surface area contributed by atoms with Gasteiger partial charge >= 0.3 is 0 Å². The lowest BCUT2D eigenvalue weighted by Crippen LogP contribution is -2.40. The summed E-state index contributed by atoms with van der Waals surface area (Å²) in [6, 6.07) is 0.0445. The fourth-order valence-electron chi connectivity index (χ4n) is 3.60. The number of anilines is 1. The Balaban J connectivity index is 1.72. The number of amides is 1. The van der Waals surface area contributed by atoms with E-state index in [1.165, 1.54) is 18.0 Å². The molecule has 1 amide bonds. The minimum absolute atomic E-state index is 0.0445. The number of allylic oxidation sites excluding steroid dienone is 4. The van der Waals surface area contributed by atoms with Gasteiger partial charge in [-0.15, -0.1) is 0 Å². The van der Waals surface area contributed by atoms with Gasteiger partial charge in [0.05, 0.1) is 22.0 Å². The minimum Gasteiger partial charge on any atom is -0.369 e. The molecule has 0 radical (unpaired) electrons. The number of nitrogens with two attached hydrogens (primary N) is 1. The number of carbonyl (C=O) groups is 1. The molecule has 1 fully saturated rings. The molecule has 25 heavy (non-hydrogen) atoms. The number of carbonyl (C=O) groups excluding carboxylic acids is 1. The van der Waals surface area contributed by atoms with Crippen LogP contribution >= 0.6 is 11.6 Å². The molecule has 3 N–H and O–H groups in total. The molecule has 134 valence electrons. The van der Waals surface area contributed by atoms with E-state index in [0.717, 1.165) is 19.3 Å². The average Bonchev–Trinajstić information content (AvgIpc) is 3.10. The quantitative estimate of drug-likeness (QED) is 0.764. The maximum Gasteiger partial charge on any atom is 0.224 e. The molecule has 1 saturated carbocycles. The first-order valence-electron chi connectivity index (χ1n) is 8.23. The van der Waals surface area contributed by atoms with Crippen LogP contribution in [0.2, 0.25) is 5.02 Å². The second kappa shape index (κ2) is 7.66. The van der Waals surface area contributed by atoms with Gasteiger partial charge < -0.3 is 11.1 Å². The number of rotatable bonds is 5. The predicted octanol–water partition coefficient (Wildman–Crippen LogP) is 2.44. The van der Waals surface area contributed by atoms with E-state index in [0.29, 0.717) is 17.4 Å². The Morgan fingerprint density at radius 3 is 2.88 bits per heavy atom. The maximum absolute atomic E-state index is 12.0. The standard InChI is InChI=1S/C17H21ClN4O2S/c1-25(24)16-14(18)9-20-17(22-16)21-11-6-7-12(10-4-2-3-5-10)13(8-11)15(19)23/h2-4,9,11-13H,5-8H2,1H3,(H2,19,23)(H,20,21,22). The van der Waals surface area contributed by atoms with Crippen molar-refractivity contribution < 1.29 is 9.00 Å². The van der Waals surface area contributed by atoms with E-state index in [1.54, 1.807) is 0 Å². The highest BCUT2D eigenvalue weighted by Crippen LogP contribution is 2.38. The van der Waals surface area contributed by atoms with Gasteiger partial charge in [-0.2, -0.15) is 0 Å². The second-order valence-corrected chi connectivity index (χ2v) is 8.15. The summed E-state index contributed by atoms with van der Waals surface area (Å²) in [5.41, 5.74) is 6.95. The average molecular weight is 381 g/mol. The third-order valence-electron chi connectivity index (χ3n) is 4.81. The van der Waals surface area contributed by atoms with E-state index >= 15 is 0 Å². The molecule has 0 aromatic carbocycles. The van der Waals surface area contributed by atoms with Crippen LogP contribution in [0.15, 0.2) is 35.0 Å². The van der Waals surface area contributed by atoms with Gasteiger partial charge in [-0.25, -0.2) is 9.97 Å².